The number of nitrogens with zero attached hydrogens (tertiary/aromatic N) is 1. The summed E-state index contributed by atoms with van der Waals surface area (Å²) in [4.78, 5) is 24.6. The number of carbonyl (C=O) groups excluding carboxylic acids is 2. The van der Waals surface area contributed by atoms with Crippen LogP contribution >= 0.6 is 11.6 Å². The van der Waals surface area contributed by atoms with Gasteiger partial charge in [-0.1, -0.05) is 11.6 Å². The molecule has 30 heavy (non-hydrogen) atoms. The summed E-state index contributed by atoms with van der Waals surface area (Å²) in [6, 6.07) is 12.4. The number of piperidine rings is 1. The lowest BCUT2D eigenvalue weighted by atomic mass is 9.98. The van der Waals surface area contributed by atoms with Crippen molar-refractivity contribution in [3.05, 3.63) is 59.1 Å². The molecule has 0 saturated carbocycles. The molecule has 0 bridgehead atoms. The fraction of sp³-hybridized carbons (Fsp3) is 0.333. The molecule has 1 heterocycles. The molecule has 9 heteroatoms. The Morgan fingerprint density at radius 1 is 1.13 bits per heavy atom. The number of halogens is 1. The summed E-state index contributed by atoms with van der Waals surface area (Å²) >= 11 is 5.84. The van der Waals surface area contributed by atoms with Crippen LogP contribution in [0.15, 0.2) is 53.4 Å². The van der Waals surface area contributed by atoms with Crippen molar-refractivity contribution in [2.24, 2.45) is 5.92 Å². The van der Waals surface area contributed by atoms with Crippen LogP contribution in [-0.4, -0.2) is 44.3 Å². The summed E-state index contributed by atoms with van der Waals surface area (Å²) < 4.78 is 32.0. The number of rotatable bonds is 6. The van der Waals surface area contributed by atoms with Crippen LogP contribution in [0.3, 0.4) is 0 Å². The highest BCUT2D eigenvalue weighted by molar-refractivity contribution is 7.89. The maximum Gasteiger partial charge on any atom is 0.338 e. The number of benzene rings is 2. The van der Waals surface area contributed by atoms with E-state index in [2.05, 4.69) is 5.32 Å². The molecular formula is C21H23ClN2O5S. The number of amides is 1. The minimum Gasteiger partial charge on any atom is -0.462 e. The van der Waals surface area contributed by atoms with E-state index in [0.717, 1.165) is 0 Å². The number of esters is 1. The zero-order valence-electron chi connectivity index (χ0n) is 16.5. The second-order valence-corrected chi connectivity index (χ2v) is 9.32. The summed E-state index contributed by atoms with van der Waals surface area (Å²) in [7, 11) is -3.70. The van der Waals surface area contributed by atoms with Gasteiger partial charge in [-0.3, -0.25) is 4.79 Å². The topological polar surface area (TPSA) is 92.8 Å². The lowest BCUT2D eigenvalue weighted by Gasteiger charge is -2.31. The zero-order chi connectivity index (χ0) is 21.7. The molecule has 1 aliphatic rings. The van der Waals surface area contributed by atoms with E-state index < -0.39 is 21.9 Å². The second kappa shape index (κ2) is 9.59. The van der Waals surface area contributed by atoms with E-state index in [4.69, 9.17) is 16.3 Å². The standard InChI is InChI=1S/C21H23ClN2O5S/c1-2-29-21(26)15-5-9-18(10-6-15)23-20(25)16-4-3-13-24(14-16)30(27,28)19-11-7-17(22)8-12-19/h5-12,16H,2-4,13-14H2,1H3,(H,23,25). The highest BCUT2D eigenvalue weighted by Gasteiger charge is 2.33. The van der Waals surface area contributed by atoms with Crippen molar-refractivity contribution in [1.82, 2.24) is 4.31 Å². The van der Waals surface area contributed by atoms with E-state index in [0.29, 0.717) is 35.7 Å². The van der Waals surface area contributed by atoms with Gasteiger partial charge in [0, 0.05) is 23.8 Å². The maximum absolute atomic E-state index is 12.9. The van der Waals surface area contributed by atoms with Crippen molar-refractivity contribution in [2.45, 2.75) is 24.7 Å². The lowest BCUT2D eigenvalue weighted by Crippen LogP contribution is -2.43. The summed E-state index contributed by atoms with van der Waals surface area (Å²) in [6.45, 7) is 2.49. The third-order valence-electron chi connectivity index (χ3n) is 4.87. The summed E-state index contributed by atoms with van der Waals surface area (Å²) in [5.74, 6) is -1.15. The minimum absolute atomic E-state index is 0.109. The number of anilines is 1. The smallest absolute Gasteiger partial charge is 0.338 e. The Labute approximate surface area is 181 Å². The zero-order valence-corrected chi connectivity index (χ0v) is 18.1. The van der Waals surface area contributed by atoms with Crippen LogP contribution in [0.2, 0.25) is 5.02 Å². The number of hydrogen-bond donors (Lipinski definition) is 1. The predicted molar refractivity (Wildman–Crippen MR) is 114 cm³/mol. The van der Waals surface area contributed by atoms with Crippen LogP contribution in [0.25, 0.3) is 0 Å². The van der Waals surface area contributed by atoms with Gasteiger partial charge >= 0.3 is 5.97 Å². The number of sulfonamides is 1. The molecule has 2 aromatic rings. The Morgan fingerprint density at radius 3 is 2.43 bits per heavy atom. The van der Waals surface area contributed by atoms with Crippen LogP contribution in [0, 0.1) is 5.92 Å². The van der Waals surface area contributed by atoms with Crippen molar-refractivity contribution >= 4 is 39.2 Å². The van der Waals surface area contributed by atoms with Gasteiger partial charge in [0.1, 0.15) is 0 Å². The average Bonchev–Trinajstić information content (AvgIpc) is 2.75. The van der Waals surface area contributed by atoms with E-state index in [-0.39, 0.29) is 24.0 Å². The molecule has 7 nitrogen and oxygen atoms in total. The SMILES string of the molecule is CCOC(=O)c1ccc(NC(=O)C2CCCN(S(=O)(=O)c3ccc(Cl)cc3)C2)cc1. The van der Waals surface area contributed by atoms with E-state index >= 15 is 0 Å². The summed E-state index contributed by atoms with van der Waals surface area (Å²) in [5, 5.41) is 3.26. The van der Waals surface area contributed by atoms with Crippen LogP contribution in [0.4, 0.5) is 5.69 Å². The van der Waals surface area contributed by atoms with E-state index in [1.54, 1.807) is 31.2 Å². The Balaban J connectivity index is 1.65. The fourth-order valence-electron chi connectivity index (χ4n) is 3.28. The molecule has 1 amide bonds. The van der Waals surface area contributed by atoms with Gasteiger partial charge in [0.15, 0.2) is 0 Å². The Bertz CT molecular complexity index is 1010. The van der Waals surface area contributed by atoms with Gasteiger partial charge in [0.05, 0.1) is 23.0 Å². The summed E-state index contributed by atoms with van der Waals surface area (Å²) in [5.41, 5.74) is 0.929. The molecule has 1 aliphatic heterocycles. The van der Waals surface area contributed by atoms with Crippen molar-refractivity contribution in [3.8, 4) is 0 Å². The molecule has 160 valence electrons. The molecular weight excluding hydrogens is 428 g/mol. The molecule has 1 atom stereocenters. The number of hydrogen-bond acceptors (Lipinski definition) is 5. The highest BCUT2D eigenvalue weighted by Crippen LogP contribution is 2.25. The summed E-state index contributed by atoms with van der Waals surface area (Å²) in [6.07, 6.45) is 1.19. The monoisotopic (exact) mass is 450 g/mol. The van der Waals surface area contributed by atoms with Crippen LogP contribution in [0.1, 0.15) is 30.1 Å². The first-order chi connectivity index (χ1) is 14.3. The van der Waals surface area contributed by atoms with Gasteiger partial charge in [-0.2, -0.15) is 4.31 Å². The third kappa shape index (κ3) is 5.19. The van der Waals surface area contributed by atoms with Gasteiger partial charge in [-0.15, -0.1) is 0 Å². The molecule has 0 spiro atoms. The van der Waals surface area contributed by atoms with Crippen molar-refractivity contribution in [3.63, 3.8) is 0 Å². The predicted octanol–water partition coefficient (Wildman–Crippen LogP) is 3.56. The van der Waals surface area contributed by atoms with Gasteiger partial charge < -0.3 is 10.1 Å². The largest absolute Gasteiger partial charge is 0.462 e. The van der Waals surface area contributed by atoms with E-state index in [9.17, 15) is 18.0 Å². The lowest BCUT2D eigenvalue weighted by molar-refractivity contribution is -0.120. The first-order valence-corrected chi connectivity index (χ1v) is 11.5. The number of nitrogens with one attached hydrogen (secondary N) is 1. The molecule has 0 aliphatic carbocycles. The first kappa shape index (κ1) is 22.3. The molecule has 3 rings (SSSR count). The molecule has 0 radical (unpaired) electrons. The van der Waals surface area contributed by atoms with Crippen LogP contribution in [0.5, 0.6) is 0 Å². The van der Waals surface area contributed by atoms with Gasteiger partial charge in [-0.25, -0.2) is 13.2 Å². The van der Waals surface area contributed by atoms with Crippen molar-refractivity contribution < 1.29 is 22.7 Å². The molecule has 1 fully saturated rings. The Morgan fingerprint density at radius 2 is 1.80 bits per heavy atom. The molecule has 0 aromatic heterocycles. The number of ether oxygens (including phenoxy) is 1. The van der Waals surface area contributed by atoms with Gasteiger partial charge in [0.2, 0.25) is 15.9 Å². The quantitative estimate of drug-likeness (QED) is 0.679. The number of carbonyl (C=O) groups is 2. The molecule has 2 aromatic carbocycles. The maximum atomic E-state index is 12.9. The van der Waals surface area contributed by atoms with Crippen LogP contribution in [-0.2, 0) is 19.6 Å². The first-order valence-electron chi connectivity index (χ1n) is 9.65. The Kier molecular flexibility index (Phi) is 7.12. The molecule has 1 unspecified atom stereocenters. The van der Waals surface area contributed by atoms with E-state index in [1.807, 2.05) is 0 Å². The minimum atomic E-state index is -3.70. The van der Waals surface area contributed by atoms with Gasteiger partial charge in [-0.05, 0) is 68.3 Å². The average molecular weight is 451 g/mol. The third-order valence-corrected chi connectivity index (χ3v) is 7.00. The van der Waals surface area contributed by atoms with Crippen molar-refractivity contribution in [1.29, 1.82) is 0 Å². The molecule has 1 saturated heterocycles. The normalized spacial score (nSPS) is 17.3. The van der Waals surface area contributed by atoms with Crippen LogP contribution < -0.4 is 5.32 Å². The Hall–Kier alpha value is -2.42. The van der Waals surface area contributed by atoms with Gasteiger partial charge in [0.25, 0.3) is 0 Å². The van der Waals surface area contributed by atoms with E-state index in [1.165, 1.54) is 28.6 Å². The highest BCUT2D eigenvalue weighted by atomic mass is 35.5. The molecule has 1 N–H and O–H groups in total. The second-order valence-electron chi connectivity index (χ2n) is 6.94. The van der Waals surface area contributed by atoms with Crippen molar-refractivity contribution in [2.75, 3.05) is 25.0 Å². The fourth-order valence-corrected chi connectivity index (χ4v) is 4.93.